The first-order chi connectivity index (χ1) is 16.2. The molecule has 3 saturated heterocycles. The normalized spacial score (nSPS) is 31.3. The number of benzene rings is 1. The summed E-state index contributed by atoms with van der Waals surface area (Å²) in [4.78, 5) is 43.2. The zero-order valence-corrected chi connectivity index (χ0v) is 20.1. The molecule has 1 spiro atoms. The molecule has 3 heterocycles. The van der Waals surface area contributed by atoms with Crippen molar-refractivity contribution < 1.29 is 29.3 Å². The maximum atomic E-state index is 14.3. The van der Waals surface area contributed by atoms with Crippen LogP contribution in [0.25, 0.3) is 0 Å². The molecule has 2 unspecified atom stereocenters. The van der Waals surface area contributed by atoms with Gasteiger partial charge in [-0.2, -0.15) is 0 Å². The fourth-order valence-corrected chi connectivity index (χ4v) is 6.32. The van der Waals surface area contributed by atoms with E-state index in [9.17, 15) is 24.6 Å². The lowest BCUT2D eigenvalue weighted by Crippen LogP contribution is -2.60. The van der Waals surface area contributed by atoms with E-state index in [0.29, 0.717) is 30.0 Å². The van der Waals surface area contributed by atoms with Crippen LogP contribution in [0, 0.1) is 17.8 Å². The molecule has 2 bridgehead atoms. The van der Waals surface area contributed by atoms with E-state index in [0.717, 1.165) is 0 Å². The highest BCUT2D eigenvalue weighted by molar-refractivity contribution is 6.34. The molecule has 3 fully saturated rings. The molecule has 0 aromatic heterocycles. The summed E-state index contributed by atoms with van der Waals surface area (Å²) in [5.74, 6) is -4.08. The van der Waals surface area contributed by atoms with Crippen LogP contribution in [0.4, 0.5) is 5.69 Å². The Hall–Kier alpha value is -2.42. The molecule has 0 aliphatic carbocycles. The summed E-state index contributed by atoms with van der Waals surface area (Å²) in [7, 11) is 0. The second-order valence-corrected chi connectivity index (χ2v) is 9.87. The number of para-hydroxylation sites is 1. The number of anilines is 1. The van der Waals surface area contributed by atoms with E-state index in [-0.39, 0.29) is 19.1 Å². The minimum absolute atomic E-state index is 0.117. The molecule has 7 atom stereocenters. The molecular formula is C25H31ClN2O6. The van der Waals surface area contributed by atoms with Crippen molar-refractivity contribution in [2.24, 2.45) is 17.8 Å². The smallest absolute Gasteiger partial charge is 0.310 e. The number of aliphatic hydroxyl groups is 1. The van der Waals surface area contributed by atoms with Crippen LogP contribution in [0.5, 0.6) is 0 Å². The van der Waals surface area contributed by atoms with Gasteiger partial charge in [0.15, 0.2) is 0 Å². The Bertz CT molecular complexity index is 1000. The predicted molar refractivity (Wildman–Crippen MR) is 126 cm³/mol. The number of fused-ring (bicyclic) bond motifs is 1. The Morgan fingerprint density at radius 1 is 1.41 bits per heavy atom. The average molecular weight is 491 g/mol. The van der Waals surface area contributed by atoms with Crippen LogP contribution in [0.15, 0.2) is 36.9 Å². The maximum absolute atomic E-state index is 14.3. The molecule has 2 N–H and O–H groups in total. The summed E-state index contributed by atoms with van der Waals surface area (Å²) in [6.07, 6.45) is 2.48. The number of halogens is 1. The molecule has 184 valence electrons. The number of carboxylic acids is 1. The first-order valence-electron chi connectivity index (χ1n) is 11.7. The number of nitrogens with zero attached hydrogens (tertiary/aromatic N) is 2. The summed E-state index contributed by atoms with van der Waals surface area (Å²) < 4.78 is 6.26. The van der Waals surface area contributed by atoms with Gasteiger partial charge in [-0.15, -0.1) is 6.58 Å². The van der Waals surface area contributed by atoms with Crippen molar-refractivity contribution in [1.82, 2.24) is 4.90 Å². The number of hydrogen-bond donors (Lipinski definition) is 2. The second-order valence-electron chi connectivity index (χ2n) is 9.46. The third-order valence-electron chi connectivity index (χ3n) is 7.82. The van der Waals surface area contributed by atoms with Gasteiger partial charge in [-0.1, -0.05) is 50.1 Å². The second kappa shape index (κ2) is 9.32. The van der Waals surface area contributed by atoms with Gasteiger partial charge in [0.25, 0.3) is 5.91 Å². The quantitative estimate of drug-likeness (QED) is 0.515. The van der Waals surface area contributed by atoms with Crippen LogP contribution >= 0.6 is 11.6 Å². The van der Waals surface area contributed by atoms with Crippen LogP contribution in [-0.4, -0.2) is 69.8 Å². The van der Waals surface area contributed by atoms with Crippen molar-refractivity contribution in [3.63, 3.8) is 0 Å². The molecule has 2 amide bonds. The molecule has 0 saturated carbocycles. The van der Waals surface area contributed by atoms with Crippen molar-refractivity contribution in [2.75, 3.05) is 18.1 Å². The van der Waals surface area contributed by atoms with Gasteiger partial charge >= 0.3 is 5.97 Å². The number of amides is 2. The Morgan fingerprint density at radius 3 is 2.71 bits per heavy atom. The van der Waals surface area contributed by atoms with Crippen molar-refractivity contribution in [2.45, 2.75) is 56.9 Å². The highest BCUT2D eigenvalue weighted by atomic mass is 35.5. The van der Waals surface area contributed by atoms with E-state index in [1.165, 1.54) is 9.80 Å². The topological polar surface area (TPSA) is 107 Å². The van der Waals surface area contributed by atoms with Crippen molar-refractivity contribution >= 4 is 35.1 Å². The summed E-state index contributed by atoms with van der Waals surface area (Å²) in [5.41, 5.74) is -0.795. The van der Waals surface area contributed by atoms with Crippen LogP contribution in [0.2, 0.25) is 5.02 Å². The number of hydrogen-bond acceptors (Lipinski definition) is 5. The van der Waals surface area contributed by atoms with Crippen LogP contribution < -0.4 is 4.90 Å². The van der Waals surface area contributed by atoms with Crippen molar-refractivity contribution in [3.8, 4) is 0 Å². The lowest BCUT2D eigenvalue weighted by atomic mass is 9.70. The van der Waals surface area contributed by atoms with Gasteiger partial charge in [0.05, 0.1) is 41.3 Å². The minimum Gasteiger partial charge on any atom is -0.481 e. The first-order valence-corrected chi connectivity index (χ1v) is 12.1. The SMILES string of the molecule is C=CCN(C(=O)C1N([C@@H](CO)[C@@H](C)CC)C(=O)[C@@H]2[C@H](C(=O)O)[C@@H]3CCC12O3)c1ccccc1Cl. The van der Waals surface area contributed by atoms with E-state index < -0.39 is 53.4 Å². The van der Waals surface area contributed by atoms with Gasteiger partial charge in [-0.05, 0) is 30.9 Å². The molecule has 3 aliphatic rings. The Labute approximate surface area is 204 Å². The Morgan fingerprint density at radius 2 is 2.12 bits per heavy atom. The highest BCUT2D eigenvalue weighted by Gasteiger charge is 2.75. The van der Waals surface area contributed by atoms with E-state index in [2.05, 4.69) is 6.58 Å². The minimum atomic E-state index is -1.26. The zero-order chi connectivity index (χ0) is 24.8. The molecule has 8 nitrogen and oxygen atoms in total. The number of likely N-dealkylation sites (tertiary alicyclic amines) is 1. The van der Waals surface area contributed by atoms with Gasteiger partial charge in [-0.25, -0.2) is 0 Å². The molecular weight excluding hydrogens is 460 g/mol. The summed E-state index contributed by atoms with van der Waals surface area (Å²) >= 11 is 6.43. The molecule has 1 aromatic rings. The third-order valence-corrected chi connectivity index (χ3v) is 8.14. The number of rotatable bonds is 9. The largest absolute Gasteiger partial charge is 0.481 e. The number of carbonyl (C=O) groups excluding carboxylic acids is 2. The zero-order valence-electron chi connectivity index (χ0n) is 19.4. The lowest BCUT2D eigenvalue weighted by Gasteiger charge is -2.41. The summed E-state index contributed by atoms with van der Waals surface area (Å²) in [5, 5.41) is 20.6. The van der Waals surface area contributed by atoms with E-state index in [4.69, 9.17) is 16.3 Å². The number of carbonyl (C=O) groups is 3. The number of ether oxygens (including phenoxy) is 1. The van der Waals surface area contributed by atoms with Crippen molar-refractivity contribution in [3.05, 3.63) is 41.9 Å². The van der Waals surface area contributed by atoms with E-state index in [1.807, 2.05) is 13.8 Å². The van der Waals surface area contributed by atoms with Gasteiger partial charge in [-0.3, -0.25) is 14.4 Å². The van der Waals surface area contributed by atoms with E-state index in [1.54, 1.807) is 30.3 Å². The third kappa shape index (κ3) is 3.54. The molecule has 4 rings (SSSR count). The average Bonchev–Trinajstić information content (AvgIpc) is 3.46. The molecule has 0 radical (unpaired) electrons. The Kier molecular flexibility index (Phi) is 6.77. The van der Waals surface area contributed by atoms with E-state index >= 15 is 0 Å². The highest BCUT2D eigenvalue weighted by Crippen LogP contribution is 2.59. The maximum Gasteiger partial charge on any atom is 0.310 e. The monoisotopic (exact) mass is 490 g/mol. The molecule has 1 aromatic carbocycles. The van der Waals surface area contributed by atoms with Gasteiger partial charge < -0.3 is 24.7 Å². The number of carboxylic acid groups (broad SMARTS) is 1. The molecule has 9 heteroatoms. The van der Waals surface area contributed by atoms with Gasteiger partial charge in [0.2, 0.25) is 5.91 Å². The fraction of sp³-hybridized carbons (Fsp3) is 0.560. The number of aliphatic hydroxyl groups excluding tert-OH is 1. The standard InChI is InChI=1S/C25H31ClN2O6/c1-4-12-27(16-9-7-6-8-15(16)26)23(31)21-25-11-10-18(34-25)19(24(32)33)20(25)22(30)28(21)17(13-29)14(3)5-2/h4,6-9,14,17-21,29H,1,5,10-13H2,2-3H3,(H,32,33)/t14-,17-,18-,19+,20-,21?,25?/m0/s1. The Balaban J connectivity index is 1.86. The summed E-state index contributed by atoms with van der Waals surface area (Å²) in [6, 6.07) is 5.17. The molecule has 3 aliphatic heterocycles. The lowest BCUT2D eigenvalue weighted by molar-refractivity contribution is -0.151. The van der Waals surface area contributed by atoms with Gasteiger partial charge in [0, 0.05) is 6.54 Å². The summed E-state index contributed by atoms with van der Waals surface area (Å²) in [6.45, 7) is 7.42. The fourth-order valence-electron chi connectivity index (χ4n) is 6.08. The van der Waals surface area contributed by atoms with Crippen LogP contribution in [0.1, 0.15) is 33.1 Å². The first kappa shape index (κ1) is 24.7. The predicted octanol–water partition coefficient (Wildman–Crippen LogP) is 2.73. The van der Waals surface area contributed by atoms with Crippen LogP contribution in [0.3, 0.4) is 0 Å². The number of aliphatic carboxylic acids is 1. The van der Waals surface area contributed by atoms with Gasteiger partial charge in [0.1, 0.15) is 11.6 Å². The van der Waals surface area contributed by atoms with Crippen LogP contribution in [-0.2, 0) is 19.1 Å². The van der Waals surface area contributed by atoms with Crippen molar-refractivity contribution in [1.29, 1.82) is 0 Å². The molecule has 34 heavy (non-hydrogen) atoms.